The maximum Gasteiger partial charge on any atom is 0.342 e. The lowest BCUT2D eigenvalue weighted by Gasteiger charge is -2.24. The summed E-state index contributed by atoms with van der Waals surface area (Å²) >= 11 is 0. The Bertz CT molecular complexity index is 1640. The van der Waals surface area contributed by atoms with Crippen LogP contribution in [-0.2, 0) is 20.7 Å². The van der Waals surface area contributed by atoms with Gasteiger partial charge in [-0.2, -0.15) is 0 Å². The van der Waals surface area contributed by atoms with Crippen molar-refractivity contribution in [2.24, 2.45) is 0 Å². The van der Waals surface area contributed by atoms with E-state index in [-0.39, 0.29) is 52.8 Å². The number of esters is 1. The molecule has 0 aromatic heterocycles. The molecular weight excluding hydrogens is 630 g/mol. The molecule has 262 valence electrons. The normalized spacial score (nSPS) is 16.1. The molecule has 0 aliphatic carbocycles. The summed E-state index contributed by atoms with van der Waals surface area (Å²) in [5.74, 6) is -1.82. The second-order valence-electron chi connectivity index (χ2n) is 12.0. The molecule has 49 heavy (non-hydrogen) atoms. The first-order chi connectivity index (χ1) is 23.6. The van der Waals surface area contributed by atoms with Crippen LogP contribution in [0.4, 0.5) is 0 Å². The van der Waals surface area contributed by atoms with Gasteiger partial charge in [0.1, 0.15) is 28.6 Å². The molecule has 0 fully saturated rings. The van der Waals surface area contributed by atoms with Crippen molar-refractivity contribution in [3.05, 3.63) is 76.4 Å². The number of ether oxygens (including phenoxy) is 4. The van der Waals surface area contributed by atoms with Crippen LogP contribution >= 0.6 is 0 Å². The van der Waals surface area contributed by atoms with Gasteiger partial charge in [-0.15, -0.1) is 0 Å². The predicted octanol–water partition coefficient (Wildman–Crippen LogP) is 6.19. The largest absolute Gasteiger partial charge is 0.508 e. The number of amides is 1. The lowest BCUT2D eigenvalue weighted by molar-refractivity contribution is -0.121. The Morgan fingerprint density at radius 2 is 1.63 bits per heavy atom. The van der Waals surface area contributed by atoms with Crippen LogP contribution in [0.1, 0.15) is 90.4 Å². The Labute approximate surface area is 286 Å². The minimum Gasteiger partial charge on any atom is -0.508 e. The van der Waals surface area contributed by atoms with Crippen molar-refractivity contribution in [2.45, 2.75) is 70.3 Å². The number of Topliss-reactive ketones (excluding diaryl/α,β-unsaturated/α-hetero) is 1. The highest BCUT2D eigenvalue weighted by molar-refractivity contribution is 5.98. The monoisotopic (exact) mass is 675 g/mol. The number of hydrogen-bond donors (Lipinski definition) is 4. The number of carbonyl (C=O) groups excluding carboxylic acids is 3. The molecule has 3 aromatic carbocycles. The molecular formula is C38H45NO10. The fraction of sp³-hybridized carbons (Fsp3) is 0.395. The first-order valence-corrected chi connectivity index (χ1v) is 16.4. The van der Waals surface area contributed by atoms with E-state index in [0.717, 1.165) is 5.56 Å². The van der Waals surface area contributed by atoms with E-state index < -0.39 is 23.7 Å². The van der Waals surface area contributed by atoms with Crippen molar-refractivity contribution in [3.63, 3.8) is 0 Å². The van der Waals surface area contributed by atoms with E-state index in [9.17, 15) is 29.7 Å². The van der Waals surface area contributed by atoms with E-state index in [4.69, 9.17) is 18.9 Å². The molecule has 1 heterocycles. The molecule has 4 rings (SSSR count). The van der Waals surface area contributed by atoms with Gasteiger partial charge in [-0.1, -0.05) is 24.3 Å². The number of ketones is 1. The Hall–Kier alpha value is -5.19. The number of nitrogens with one attached hydrogen (secondary N) is 1. The molecule has 1 unspecified atom stereocenters. The average Bonchev–Trinajstić information content (AvgIpc) is 3.07. The van der Waals surface area contributed by atoms with Gasteiger partial charge in [-0.3, -0.25) is 9.59 Å². The summed E-state index contributed by atoms with van der Waals surface area (Å²) in [6.45, 7) is 2.01. The van der Waals surface area contributed by atoms with Crippen LogP contribution in [0, 0.1) is 0 Å². The van der Waals surface area contributed by atoms with Crippen molar-refractivity contribution < 1.29 is 48.7 Å². The van der Waals surface area contributed by atoms with Crippen molar-refractivity contribution in [1.29, 1.82) is 0 Å². The van der Waals surface area contributed by atoms with E-state index in [1.165, 1.54) is 27.4 Å². The van der Waals surface area contributed by atoms with E-state index in [1.807, 2.05) is 0 Å². The minimum atomic E-state index is -0.985. The summed E-state index contributed by atoms with van der Waals surface area (Å²) in [7, 11) is 4.36. The highest BCUT2D eigenvalue weighted by Gasteiger charge is 2.32. The molecule has 11 nitrogen and oxygen atoms in total. The quantitative estimate of drug-likeness (QED) is 0.182. The number of hydrogen-bond acceptors (Lipinski definition) is 10. The summed E-state index contributed by atoms with van der Waals surface area (Å²) in [5.41, 5.74) is 1.40. The van der Waals surface area contributed by atoms with Crippen LogP contribution in [0.3, 0.4) is 0 Å². The third-order valence-electron chi connectivity index (χ3n) is 8.55. The van der Waals surface area contributed by atoms with Crippen LogP contribution in [0.15, 0.2) is 48.5 Å². The van der Waals surface area contributed by atoms with Crippen molar-refractivity contribution in [3.8, 4) is 34.5 Å². The molecule has 0 saturated carbocycles. The van der Waals surface area contributed by atoms with Crippen molar-refractivity contribution in [2.75, 3.05) is 27.9 Å². The van der Waals surface area contributed by atoms with Crippen molar-refractivity contribution >= 4 is 23.7 Å². The highest BCUT2D eigenvalue weighted by atomic mass is 16.5. The van der Waals surface area contributed by atoms with Gasteiger partial charge in [0.25, 0.3) is 0 Å². The van der Waals surface area contributed by atoms with Gasteiger partial charge in [-0.05, 0) is 86.1 Å². The molecule has 11 heteroatoms. The SMILES string of the molecule is COc1cc(C(CC(=O)NCCc2ccc(O)cc2)c2c(O)cc3c(c2O)C(=O)O[C@@H](C)CCCC(=O)CCCC=C3)cc(OC)c1OC. The summed E-state index contributed by atoms with van der Waals surface area (Å²) in [6, 6.07) is 11.3. The van der Waals surface area contributed by atoms with Crippen LogP contribution in [0.5, 0.6) is 34.5 Å². The number of rotatable bonds is 10. The van der Waals surface area contributed by atoms with Gasteiger partial charge < -0.3 is 39.6 Å². The molecule has 1 aliphatic rings. The Morgan fingerprint density at radius 1 is 0.959 bits per heavy atom. The van der Waals surface area contributed by atoms with Gasteiger partial charge in [0.05, 0.1) is 27.4 Å². The number of allylic oxidation sites excluding steroid dienone is 1. The fourth-order valence-corrected chi connectivity index (χ4v) is 5.97. The van der Waals surface area contributed by atoms with Crippen molar-refractivity contribution in [1.82, 2.24) is 5.32 Å². The smallest absolute Gasteiger partial charge is 0.342 e. The lowest BCUT2D eigenvalue weighted by Crippen LogP contribution is -2.27. The molecule has 3 aromatic rings. The molecule has 1 aliphatic heterocycles. The number of phenolic OH excluding ortho intramolecular Hbond substituents is 3. The van der Waals surface area contributed by atoms with Crippen LogP contribution in [-0.4, -0.2) is 67.0 Å². The van der Waals surface area contributed by atoms with Gasteiger partial charge in [0.15, 0.2) is 11.5 Å². The number of carbonyl (C=O) groups is 3. The number of aromatic hydroxyl groups is 3. The number of phenols is 3. The van der Waals surface area contributed by atoms with Gasteiger partial charge in [0.2, 0.25) is 11.7 Å². The zero-order chi connectivity index (χ0) is 35.5. The molecule has 0 radical (unpaired) electrons. The van der Waals surface area contributed by atoms with E-state index >= 15 is 0 Å². The first-order valence-electron chi connectivity index (χ1n) is 16.4. The van der Waals surface area contributed by atoms with E-state index in [0.29, 0.717) is 67.8 Å². The Kier molecular flexibility index (Phi) is 12.9. The zero-order valence-electron chi connectivity index (χ0n) is 28.4. The number of methoxy groups -OCH3 is 3. The second-order valence-corrected chi connectivity index (χ2v) is 12.0. The second kappa shape index (κ2) is 17.3. The molecule has 0 spiro atoms. The van der Waals surface area contributed by atoms with E-state index in [2.05, 4.69) is 5.32 Å². The van der Waals surface area contributed by atoms with Crippen LogP contribution < -0.4 is 19.5 Å². The van der Waals surface area contributed by atoms with Crippen LogP contribution in [0.2, 0.25) is 0 Å². The molecule has 0 bridgehead atoms. The summed E-state index contributed by atoms with van der Waals surface area (Å²) in [6.07, 6.45) is 6.18. The predicted molar refractivity (Wildman–Crippen MR) is 184 cm³/mol. The average molecular weight is 676 g/mol. The molecule has 0 saturated heterocycles. The summed E-state index contributed by atoms with van der Waals surface area (Å²) in [5, 5.41) is 35.9. The summed E-state index contributed by atoms with van der Waals surface area (Å²) < 4.78 is 22.3. The topological polar surface area (TPSA) is 161 Å². The van der Waals surface area contributed by atoms with E-state index in [1.54, 1.807) is 55.5 Å². The Balaban J connectivity index is 1.79. The van der Waals surface area contributed by atoms with Gasteiger partial charge >= 0.3 is 5.97 Å². The number of benzene rings is 3. The fourth-order valence-electron chi connectivity index (χ4n) is 5.97. The third-order valence-corrected chi connectivity index (χ3v) is 8.55. The maximum absolute atomic E-state index is 13.7. The highest BCUT2D eigenvalue weighted by Crippen LogP contribution is 2.47. The summed E-state index contributed by atoms with van der Waals surface area (Å²) in [4.78, 5) is 39.4. The van der Waals surface area contributed by atoms with Gasteiger partial charge in [-0.25, -0.2) is 4.79 Å². The van der Waals surface area contributed by atoms with Gasteiger partial charge in [0, 0.05) is 37.3 Å². The molecule has 2 atom stereocenters. The zero-order valence-corrected chi connectivity index (χ0v) is 28.4. The molecule has 1 amide bonds. The standard InChI is InChI=1S/C38H45NO10/c1-23-9-8-12-27(40)11-7-5-6-10-25-19-30(42)35(36(44)34(25)38(45)49-23)29(26-20-31(46-2)37(48-4)32(21-26)47-3)22-33(43)39-18-17-24-13-15-28(41)16-14-24/h6,10,13-16,19-21,23,29,41-42,44H,5,7-9,11-12,17-18,22H2,1-4H3,(H,39,43)/t23-,29?/m0/s1. The molecule has 4 N–H and O–H groups in total. The maximum atomic E-state index is 13.7. The third kappa shape index (κ3) is 9.46. The Morgan fingerprint density at radius 3 is 2.29 bits per heavy atom. The lowest BCUT2D eigenvalue weighted by atomic mass is 9.84. The van der Waals surface area contributed by atoms with Crippen LogP contribution in [0.25, 0.3) is 6.08 Å². The number of cyclic esters (lactones) is 1. The minimum absolute atomic E-state index is 0.0496. The number of fused-ring (bicyclic) bond motifs is 1. The first kappa shape index (κ1) is 36.6.